The van der Waals surface area contributed by atoms with Gasteiger partial charge in [-0.15, -0.1) is 0 Å². The second-order valence-electron chi connectivity index (χ2n) is 9.00. The van der Waals surface area contributed by atoms with E-state index in [-0.39, 0.29) is 24.2 Å². The predicted molar refractivity (Wildman–Crippen MR) is 142 cm³/mol. The third kappa shape index (κ3) is 9.16. The highest BCUT2D eigenvalue weighted by Gasteiger charge is 2.31. The second-order valence-corrected chi connectivity index (χ2v) is 9.78. The van der Waals surface area contributed by atoms with Crippen LogP contribution in [0.4, 0.5) is 0 Å². The molecule has 1 aromatic carbocycles. The minimum Gasteiger partial charge on any atom is -0.459 e. The van der Waals surface area contributed by atoms with E-state index in [0.29, 0.717) is 79.0 Å². The lowest BCUT2D eigenvalue weighted by Crippen LogP contribution is -2.40. The number of ether oxygens (including phenoxy) is 6. The first-order chi connectivity index (χ1) is 18.7. The molecule has 0 saturated carbocycles. The zero-order valence-electron chi connectivity index (χ0n) is 21.6. The number of aliphatic hydroxyl groups excluding tert-OH is 1. The van der Waals surface area contributed by atoms with Crippen LogP contribution in [0.5, 0.6) is 0 Å². The van der Waals surface area contributed by atoms with Gasteiger partial charge in [0.2, 0.25) is 6.29 Å². The number of thiophene rings is 1. The Morgan fingerprint density at radius 2 is 1.50 bits per heavy atom. The van der Waals surface area contributed by atoms with Crippen LogP contribution < -0.4 is 0 Å². The number of carbonyl (C=O) groups excluding carboxylic acids is 1. The molecular weight excluding hydrogens is 510 g/mol. The number of amides is 1. The summed E-state index contributed by atoms with van der Waals surface area (Å²) >= 11 is 1.62. The van der Waals surface area contributed by atoms with Crippen LogP contribution in [-0.4, -0.2) is 88.1 Å². The second kappa shape index (κ2) is 15.9. The molecule has 2 aliphatic rings. The fraction of sp³-hybridized carbons (Fsp3) is 0.536. The number of hydrogen-bond donors (Lipinski definition) is 1. The highest BCUT2D eigenvalue weighted by atomic mass is 32.1. The van der Waals surface area contributed by atoms with Crippen LogP contribution in [0.25, 0.3) is 0 Å². The normalized spacial score (nSPS) is 22.6. The number of allylic oxidation sites excluding steroid dienone is 1. The summed E-state index contributed by atoms with van der Waals surface area (Å²) in [5.74, 6) is 0.0634. The maximum Gasteiger partial charge on any atom is 0.288 e. The Kier molecular flexibility index (Phi) is 12.0. The summed E-state index contributed by atoms with van der Waals surface area (Å²) in [6, 6.07) is 9.65. The Labute approximate surface area is 227 Å². The average molecular weight is 548 g/mol. The third-order valence-electron chi connectivity index (χ3n) is 6.30. The molecule has 208 valence electrons. The summed E-state index contributed by atoms with van der Waals surface area (Å²) in [5, 5.41) is 13.4. The molecule has 1 saturated heterocycles. The average Bonchev–Trinajstić information content (AvgIpc) is 3.49. The van der Waals surface area contributed by atoms with Crippen LogP contribution in [-0.2, 0) is 46.4 Å². The Hall–Kier alpha value is -2.31. The van der Waals surface area contributed by atoms with E-state index in [2.05, 4.69) is 11.4 Å². The van der Waals surface area contributed by atoms with Gasteiger partial charge < -0.3 is 38.4 Å². The van der Waals surface area contributed by atoms with E-state index in [1.165, 1.54) is 0 Å². The summed E-state index contributed by atoms with van der Waals surface area (Å²) in [6.07, 6.45) is 1.93. The van der Waals surface area contributed by atoms with Gasteiger partial charge in [0.25, 0.3) is 5.91 Å². The van der Waals surface area contributed by atoms with E-state index in [1.807, 2.05) is 35.7 Å². The lowest BCUT2D eigenvalue weighted by molar-refractivity contribution is -0.156. The minimum absolute atomic E-state index is 0.000401. The van der Waals surface area contributed by atoms with E-state index >= 15 is 0 Å². The number of hydrogen-bond acceptors (Lipinski definition) is 9. The Balaban J connectivity index is 1.42. The molecule has 0 radical (unpaired) electrons. The SMILES string of the molecule is O=C(C1=C[C@@H](c2ccsc2)C[C@@H](OCc2ccc(CO)cc2)O1)N1CCOCCOCCOCCOCC1. The molecule has 1 amide bonds. The summed E-state index contributed by atoms with van der Waals surface area (Å²) in [6.45, 7) is 4.82. The lowest BCUT2D eigenvalue weighted by Gasteiger charge is -2.31. The van der Waals surface area contributed by atoms with Crippen molar-refractivity contribution in [3.63, 3.8) is 0 Å². The monoisotopic (exact) mass is 547 g/mol. The van der Waals surface area contributed by atoms with Crippen LogP contribution in [0.15, 0.2) is 52.9 Å². The summed E-state index contributed by atoms with van der Waals surface area (Å²) in [4.78, 5) is 15.4. The predicted octanol–water partition coefficient (Wildman–Crippen LogP) is 3.08. The third-order valence-corrected chi connectivity index (χ3v) is 7.00. The Morgan fingerprint density at radius 1 is 0.895 bits per heavy atom. The molecule has 2 atom stereocenters. The first kappa shape index (κ1) is 28.7. The van der Waals surface area contributed by atoms with E-state index in [4.69, 9.17) is 28.4 Å². The molecule has 2 aliphatic heterocycles. The lowest BCUT2D eigenvalue weighted by atomic mass is 9.95. The maximum absolute atomic E-state index is 13.6. The minimum atomic E-state index is -0.577. The van der Waals surface area contributed by atoms with E-state index < -0.39 is 6.29 Å². The van der Waals surface area contributed by atoms with Gasteiger partial charge in [0, 0.05) is 25.4 Å². The zero-order chi connectivity index (χ0) is 26.4. The molecule has 38 heavy (non-hydrogen) atoms. The highest BCUT2D eigenvalue weighted by molar-refractivity contribution is 7.08. The van der Waals surface area contributed by atoms with Crippen LogP contribution in [0, 0.1) is 0 Å². The van der Waals surface area contributed by atoms with E-state index in [1.54, 1.807) is 16.2 Å². The van der Waals surface area contributed by atoms with Crippen molar-refractivity contribution in [3.8, 4) is 0 Å². The number of rotatable bonds is 6. The van der Waals surface area contributed by atoms with Gasteiger partial charge >= 0.3 is 0 Å². The molecule has 1 N–H and O–H groups in total. The summed E-state index contributed by atoms with van der Waals surface area (Å²) < 4.78 is 34.6. The van der Waals surface area contributed by atoms with Crippen molar-refractivity contribution in [1.82, 2.24) is 4.90 Å². The van der Waals surface area contributed by atoms with Gasteiger partial charge in [0.15, 0.2) is 5.76 Å². The molecule has 10 heteroatoms. The van der Waals surface area contributed by atoms with Crippen molar-refractivity contribution < 1.29 is 38.3 Å². The molecule has 1 fully saturated rings. The molecular formula is C28H37NO8S. The number of nitrogens with zero attached hydrogens (tertiary/aromatic N) is 1. The largest absolute Gasteiger partial charge is 0.459 e. The fourth-order valence-electron chi connectivity index (χ4n) is 4.14. The smallest absolute Gasteiger partial charge is 0.288 e. The number of aliphatic hydroxyl groups is 1. The fourth-order valence-corrected chi connectivity index (χ4v) is 4.87. The summed E-state index contributed by atoms with van der Waals surface area (Å²) in [5.41, 5.74) is 2.94. The van der Waals surface area contributed by atoms with Gasteiger partial charge in [-0.05, 0) is 39.6 Å². The summed E-state index contributed by atoms with van der Waals surface area (Å²) in [7, 11) is 0. The van der Waals surface area contributed by atoms with Crippen molar-refractivity contribution in [2.24, 2.45) is 0 Å². The van der Waals surface area contributed by atoms with E-state index in [9.17, 15) is 9.90 Å². The van der Waals surface area contributed by atoms with Crippen molar-refractivity contribution >= 4 is 17.2 Å². The zero-order valence-corrected chi connectivity index (χ0v) is 22.4. The maximum atomic E-state index is 13.6. The van der Waals surface area contributed by atoms with Crippen LogP contribution >= 0.6 is 11.3 Å². The first-order valence-corrected chi connectivity index (χ1v) is 14.0. The standard InChI is InChI=1S/C28H37NO8S/c30-19-22-1-3-23(4-2-22)20-36-27-18-25(24-5-16-38-21-24)17-26(37-27)28(31)29-6-8-32-10-12-34-14-15-35-13-11-33-9-7-29/h1-5,16-17,21,25,27,30H,6-15,18-20H2/t25-,27+/m1/s1. The molecule has 0 unspecified atom stereocenters. The molecule has 0 aliphatic carbocycles. The van der Waals surface area contributed by atoms with Crippen molar-refractivity contribution in [3.05, 3.63) is 69.6 Å². The molecule has 3 heterocycles. The molecule has 9 nitrogen and oxygen atoms in total. The van der Waals surface area contributed by atoms with Crippen LogP contribution in [0.3, 0.4) is 0 Å². The first-order valence-electron chi connectivity index (χ1n) is 13.0. The van der Waals surface area contributed by atoms with Crippen molar-refractivity contribution in [1.29, 1.82) is 0 Å². The van der Waals surface area contributed by atoms with Gasteiger partial charge in [0.05, 0.1) is 66.1 Å². The molecule has 0 bridgehead atoms. The van der Waals surface area contributed by atoms with Crippen LogP contribution in [0.1, 0.15) is 29.0 Å². The van der Waals surface area contributed by atoms with Crippen LogP contribution in [0.2, 0.25) is 0 Å². The molecule has 4 rings (SSSR count). The van der Waals surface area contributed by atoms with Gasteiger partial charge in [-0.2, -0.15) is 11.3 Å². The highest BCUT2D eigenvalue weighted by Crippen LogP contribution is 2.33. The van der Waals surface area contributed by atoms with Gasteiger partial charge in [-0.1, -0.05) is 24.3 Å². The van der Waals surface area contributed by atoms with Gasteiger partial charge in [-0.3, -0.25) is 4.79 Å². The van der Waals surface area contributed by atoms with Crippen molar-refractivity contribution in [2.75, 3.05) is 65.9 Å². The molecule has 0 spiro atoms. The van der Waals surface area contributed by atoms with Gasteiger partial charge in [-0.25, -0.2) is 0 Å². The number of benzene rings is 1. The van der Waals surface area contributed by atoms with Crippen molar-refractivity contribution in [2.45, 2.75) is 31.8 Å². The Morgan fingerprint density at radius 3 is 2.08 bits per heavy atom. The molecule has 2 aromatic rings. The van der Waals surface area contributed by atoms with E-state index in [0.717, 1.165) is 16.7 Å². The molecule has 1 aromatic heterocycles. The Bertz CT molecular complexity index is 965. The number of carbonyl (C=O) groups is 1. The topological polar surface area (TPSA) is 95.9 Å². The van der Waals surface area contributed by atoms with Gasteiger partial charge in [0.1, 0.15) is 0 Å². The quantitative estimate of drug-likeness (QED) is 0.590.